The van der Waals surface area contributed by atoms with Crippen LogP contribution in [0, 0.1) is 5.92 Å². The quantitative estimate of drug-likeness (QED) is 0.855. The maximum atomic E-state index is 12.1. The van der Waals surface area contributed by atoms with Gasteiger partial charge in [-0.1, -0.05) is 24.3 Å². The molecule has 1 aromatic rings. The van der Waals surface area contributed by atoms with Crippen molar-refractivity contribution in [1.29, 1.82) is 0 Å². The van der Waals surface area contributed by atoms with Gasteiger partial charge in [0, 0.05) is 32.7 Å². The zero-order valence-corrected chi connectivity index (χ0v) is 13.9. The second-order valence-corrected chi connectivity index (χ2v) is 6.64. The molecule has 2 N–H and O–H groups in total. The maximum Gasteiger partial charge on any atom is 0.224 e. The van der Waals surface area contributed by atoms with Gasteiger partial charge in [-0.3, -0.25) is 9.69 Å². The fraction of sp³-hybridized carbons (Fsp3) is 0.611. The number of ether oxygens (including phenoxy) is 1. The van der Waals surface area contributed by atoms with Crippen molar-refractivity contribution in [2.45, 2.75) is 32.5 Å². The Morgan fingerprint density at radius 2 is 2.30 bits per heavy atom. The Morgan fingerprint density at radius 3 is 3.09 bits per heavy atom. The van der Waals surface area contributed by atoms with Crippen molar-refractivity contribution >= 4 is 5.91 Å². The molecule has 23 heavy (non-hydrogen) atoms. The van der Waals surface area contributed by atoms with E-state index in [1.807, 2.05) is 0 Å². The first-order valence-corrected chi connectivity index (χ1v) is 8.61. The third kappa shape index (κ3) is 4.77. The van der Waals surface area contributed by atoms with Crippen LogP contribution in [0.15, 0.2) is 24.3 Å². The Labute approximate surface area is 138 Å². The van der Waals surface area contributed by atoms with Crippen LogP contribution in [0.5, 0.6) is 0 Å². The first-order valence-electron chi connectivity index (χ1n) is 8.61. The molecule has 2 unspecified atom stereocenters. The molecule has 0 bridgehead atoms. The van der Waals surface area contributed by atoms with Crippen LogP contribution in [0.4, 0.5) is 0 Å². The van der Waals surface area contributed by atoms with Crippen molar-refractivity contribution in [2.75, 3.05) is 32.8 Å². The summed E-state index contributed by atoms with van der Waals surface area (Å²) < 4.78 is 5.59. The fourth-order valence-electron chi connectivity index (χ4n) is 3.34. The van der Waals surface area contributed by atoms with E-state index in [1.54, 1.807) is 0 Å². The SMILES string of the molecule is CC1CN(Cc2cccc(CNC(=O)C3CCNC3)c2)CCO1. The second-order valence-electron chi connectivity index (χ2n) is 6.64. The van der Waals surface area contributed by atoms with Crippen LogP contribution in [0.1, 0.15) is 24.5 Å². The fourth-order valence-corrected chi connectivity index (χ4v) is 3.34. The highest BCUT2D eigenvalue weighted by Crippen LogP contribution is 2.13. The van der Waals surface area contributed by atoms with Crippen LogP contribution < -0.4 is 10.6 Å². The van der Waals surface area contributed by atoms with Crippen LogP contribution in [0.3, 0.4) is 0 Å². The summed E-state index contributed by atoms with van der Waals surface area (Å²) in [7, 11) is 0. The number of carbonyl (C=O) groups excluding carboxylic acids is 1. The lowest BCUT2D eigenvalue weighted by molar-refractivity contribution is -0.124. The van der Waals surface area contributed by atoms with E-state index < -0.39 is 0 Å². The minimum atomic E-state index is 0.132. The van der Waals surface area contributed by atoms with Crippen LogP contribution >= 0.6 is 0 Å². The molecular weight excluding hydrogens is 290 g/mol. The molecule has 0 spiro atoms. The molecule has 3 rings (SSSR count). The Hall–Kier alpha value is -1.43. The van der Waals surface area contributed by atoms with E-state index >= 15 is 0 Å². The Balaban J connectivity index is 1.51. The Kier molecular flexibility index (Phi) is 5.65. The number of nitrogens with zero attached hydrogens (tertiary/aromatic N) is 1. The number of benzene rings is 1. The Morgan fingerprint density at radius 1 is 1.43 bits per heavy atom. The van der Waals surface area contributed by atoms with Gasteiger partial charge in [0.2, 0.25) is 5.91 Å². The molecule has 2 aliphatic heterocycles. The lowest BCUT2D eigenvalue weighted by Crippen LogP contribution is -2.40. The monoisotopic (exact) mass is 317 g/mol. The normalized spacial score (nSPS) is 25.4. The van der Waals surface area contributed by atoms with Gasteiger partial charge in [0.05, 0.1) is 18.6 Å². The van der Waals surface area contributed by atoms with Gasteiger partial charge in [-0.05, 0) is 31.0 Å². The van der Waals surface area contributed by atoms with Gasteiger partial charge >= 0.3 is 0 Å². The maximum absolute atomic E-state index is 12.1. The van der Waals surface area contributed by atoms with Crippen LogP contribution in [0.25, 0.3) is 0 Å². The van der Waals surface area contributed by atoms with Crippen molar-refractivity contribution in [3.8, 4) is 0 Å². The van der Waals surface area contributed by atoms with Crippen LogP contribution in [-0.2, 0) is 22.6 Å². The molecule has 2 atom stereocenters. The van der Waals surface area contributed by atoms with E-state index in [1.165, 1.54) is 11.1 Å². The third-order valence-corrected chi connectivity index (χ3v) is 4.62. The van der Waals surface area contributed by atoms with Gasteiger partial charge in [-0.25, -0.2) is 0 Å². The van der Waals surface area contributed by atoms with E-state index in [0.717, 1.165) is 45.8 Å². The summed E-state index contributed by atoms with van der Waals surface area (Å²) in [6, 6.07) is 8.52. The topological polar surface area (TPSA) is 53.6 Å². The zero-order chi connectivity index (χ0) is 16.1. The molecule has 2 heterocycles. The van der Waals surface area contributed by atoms with Gasteiger partial charge in [0.1, 0.15) is 0 Å². The van der Waals surface area contributed by atoms with Crippen molar-refractivity contribution in [3.05, 3.63) is 35.4 Å². The van der Waals surface area contributed by atoms with E-state index in [9.17, 15) is 4.79 Å². The minimum Gasteiger partial charge on any atom is -0.376 e. The summed E-state index contributed by atoms with van der Waals surface area (Å²) in [5.74, 6) is 0.301. The summed E-state index contributed by atoms with van der Waals surface area (Å²) in [5.41, 5.74) is 2.47. The molecule has 0 aliphatic carbocycles. The van der Waals surface area contributed by atoms with Crippen molar-refractivity contribution in [3.63, 3.8) is 0 Å². The molecule has 2 aliphatic rings. The summed E-state index contributed by atoms with van der Waals surface area (Å²) in [5, 5.41) is 6.30. The summed E-state index contributed by atoms with van der Waals surface area (Å²) in [6.45, 7) is 8.22. The van der Waals surface area contributed by atoms with E-state index in [4.69, 9.17) is 4.74 Å². The number of hydrogen-bond acceptors (Lipinski definition) is 4. The standard InChI is InChI=1S/C18H27N3O2/c1-14-12-21(7-8-23-14)13-16-4-2-3-15(9-16)10-20-18(22)17-5-6-19-11-17/h2-4,9,14,17,19H,5-8,10-13H2,1H3,(H,20,22). The van der Waals surface area contributed by atoms with Gasteiger partial charge in [-0.2, -0.15) is 0 Å². The largest absolute Gasteiger partial charge is 0.376 e. The molecule has 1 aromatic carbocycles. The number of carbonyl (C=O) groups is 1. The number of morpholine rings is 1. The predicted octanol–water partition coefficient (Wildman–Crippen LogP) is 1.13. The zero-order valence-electron chi connectivity index (χ0n) is 13.9. The number of hydrogen-bond donors (Lipinski definition) is 2. The third-order valence-electron chi connectivity index (χ3n) is 4.62. The van der Waals surface area contributed by atoms with Crippen LogP contribution in [-0.4, -0.2) is 49.7 Å². The molecule has 126 valence electrons. The summed E-state index contributed by atoms with van der Waals surface area (Å²) >= 11 is 0. The average Bonchev–Trinajstić information content (AvgIpc) is 3.07. The highest BCUT2D eigenvalue weighted by molar-refractivity contribution is 5.79. The Bertz CT molecular complexity index is 529. The van der Waals surface area contributed by atoms with Gasteiger partial charge in [-0.15, -0.1) is 0 Å². The van der Waals surface area contributed by atoms with Crippen molar-refractivity contribution in [2.24, 2.45) is 5.92 Å². The first-order chi connectivity index (χ1) is 11.2. The smallest absolute Gasteiger partial charge is 0.224 e. The molecule has 5 nitrogen and oxygen atoms in total. The average molecular weight is 317 g/mol. The van der Waals surface area contributed by atoms with Crippen molar-refractivity contribution in [1.82, 2.24) is 15.5 Å². The van der Waals surface area contributed by atoms with Gasteiger partial charge in [0.15, 0.2) is 0 Å². The molecule has 0 aromatic heterocycles. The highest BCUT2D eigenvalue weighted by Gasteiger charge is 2.22. The van der Waals surface area contributed by atoms with E-state index in [-0.39, 0.29) is 11.8 Å². The highest BCUT2D eigenvalue weighted by atomic mass is 16.5. The number of nitrogens with one attached hydrogen (secondary N) is 2. The van der Waals surface area contributed by atoms with Crippen LogP contribution in [0.2, 0.25) is 0 Å². The summed E-state index contributed by atoms with van der Waals surface area (Å²) in [6.07, 6.45) is 1.26. The molecule has 5 heteroatoms. The van der Waals surface area contributed by atoms with Crippen molar-refractivity contribution < 1.29 is 9.53 Å². The van der Waals surface area contributed by atoms with Gasteiger partial charge < -0.3 is 15.4 Å². The lowest BCUT2D eigenvalue weighted by Gasteiger charge is -2.31. The summed E-state index contributed by atoms with van der Waals surface area (Å²) in [4.78, 5) is 14.5. The van der Waals surface area contributed by atoms with Gasteiger partial charge in [0.25, 0.3) is 0 Å². The molecule has 2 fully saturated rings. The minimum absolute atomic E-state index is 0.132. The molecule has 2 saturated heterocycles. The number of amides is 1. The predicted molar refractivity (Wildman–Crippen MR) is 90.0 cm³/mol. The second kappa shape index (κ2) is 7.90. The van der Waals surface area contributed by atoms with E-state index in [2.05, 4.69) is 46.7 Å². The molecule has 0 radical (unpaired) electrons. The molecule has 1 amide bonds. The lowest BCUT2D eigenvalue weighted by atomic mass is 10.1. The first kappa shape index (κ1) is 16.4. The molecule has 0 saturated carbocycles. The van der Waals surface area contributed by atoms with E-state index in [0.29, 0.717) is 12.6 Å². The number of rotatable bonds is 5. The molecular formula is C18H27N3O2.